The first-order valence-electron chi connectivity index (χ1n) is 10.5. The molecule has 29 heavy (non-hydrogen) atoms. The maximum Gasteiger partial charge on any atom is 0.267 e. The molecule has 1 fully saturated rings. The van der Waals surface area contributed by atoms with Crippen LogP contribution in [-0.2, 0) is 16.6 Å². The van der Waals surface area contributed by atoms with Crippen LogP contribution in [0.3, 0.4) is 0 Å². The molecule has 2 aromatic carbocycles. The quantitative estimate of drug-likeness (QED) is 0.797. The number of benzene rings is 2. The Balaban J connectivity index is 1.37. The van der Waals surface area contributed by atoms with E-state index in [1.54, 1.807) is 0 Å². The highest BCUT2D eigenvalue weighted by atomic mass is 16.6. The van der Waals surface area contributed by atoms with E-state index in [4.69, 9.17) is 14.2 Å². The molecule has 1 aliphatic carbocycles. The Labute approximate surface area is 171 Å². The zero-order chi connectivity index (χ0) is 20.0. The first kappa shape index (κ1) is 18.3. The SMILES string of the molecule is CCOc1ccc2c(c1)[C@]1(C)CCN(C(=O)C3COc4ccccc4O3)C(C2)C1. The van der Waals surface area contributed by atoms with Gasteiger partial charge in [0.15, 0.2) is 11.5 Å². The second kappa shape index (κ2) is 6.97. The van der Waals surface area contributed by atoms with Crippen LogP contribution in [-0.4, -0.2) is 42.7 Å². The summed E-state index contributed by atoms with van der Waals surface area (Å²) in [5.74, 6) is 2.34. The van der Waals surface area contributed by atoms with Gasteiger partial charge in [-0.3, -0.25) is 4.79 Å². The molecule has 0 spiro atoms. The van der Waals surface area contributed by atoms with Crippen LogP contribution < -0.4 is 14.2 Å². The van der Waals surface area contributed by atoms with Crippen LogP contribution in [0, 0.1) is 0 Å². The molecule has 3 aliphatic rings. The summed E-state index contributed by atoms with van der Waals surface area (Å²) in [6.45, 7) is 6.03. The van der Waals surface area contributed by atoms with Gasteiger partial charge in [-0.05, 0) is 67.0 Å². The summed E-state index contributed by atoms with van der Waals surface area (Å²) in [6, 6.07) is 14.2. The van der Waals surface area contributed by atoms with Crippen LogP contribution in [0.2, 0.25) is 0 Å². The predicted molar refractivity (Wildman–Crippen MR) is 110 cm³/mol. The topological polar surface area (TPSA) is 48.0 Å². The molecule has 2 aromatic rings. The van der Waals surface area contributed by atoms with E-state index in [9.17, 15) is 4.79 Å². The van der Waals surface area contributed by atoms with Crippen LogP contribution in [0.1, 0.15) is 37.8 Å². The van der Waals surface area contributed by atoms with Crippen LogP contribution in [0.4, 0.5) is 0 Å². The summed E-state index contributed by atoms with van der Waals surface area (Å²) < 4.78 is 17.5. The van der Waals surface area contributed by atoms with Crippen molar-refractivity contribution in [2.45, 2.75) is 50.7 Å². The maximum atomic E-state index is 13.3. The molecule has 2 bridgehead atoms. The Morgan fingerprint density at radius 2 is 2.07 bits per heavy atom. The molecule has 5 rings (SSSR count). The second-order valence-electron chi connectivity index (χ2n) is 8.52. The van der Waals surface area contributed by atoms with E-state index in [2.05, 4.69) is 19.1 Å². The van der Waals surface area contributed by atoms with Crippen molar-refractivity contribution in [3.8, 4) is 17.2 Å². The van der Waals surface area contributed by atoms with Gasteiger partial charge in [0.05, 0.1) is 6.61 Å². The van der Waals surface area contributed by atoms with Crippen molar-refractivity contribution in [3.63, 3.8) is 0 Å². The smallest absolute Gasteiger partial charge is 0.267 e. The number of amides is 1. The standard InChI is InChI=1S/C24H27NO4/c1-3-27-18-9-8-16-12-17-14-24(2,19(16)13-18)10-11-25(17)23(26)22-15-28-20-6-4-5-7-21(20)29-22/h4-9,13,17,22H,3,10-12,14-15H2,1-2H3/t17?,22?,24-/m1/s1. The minimum Gasteiger partial charge on any atom is -0.494 e. The largest absolute Gasteiger partial charge is 0.494 e. The number of carbonyl (C=O) groups excluding carboxylic acids is 1. The number of rotatable bonds is 3. The fourth-order valence-electron chi connectivity index (χ4n) is 5.13. The van der Waals surface area contributed by atoms with Gasteiger partial charge in [0.1, 0.15) is 12.4 Å². The van der Waals surface area contributed by atoms with Crippen LogP contribution in [0.25, 0.3) is 0 Å². The first-order chi connectivity index (χ1) is 14.1. The monoisotopic (exact) mass is 393 g/mol. The van der Waals surface area contributed by atoms with Crippen LogP contribution in [0.5, 0.6) is 17.2 Å². The average molecular weight is 393 g/mol. The fraction of sp³-hybridized carbons (Fsp3) is 0.458. The number of nitrogens with zero attached hydrogens (tertiary/aromatic N) is 1. The molecule has 5 nitrogen and oxygen atoms in total. The van der Waals surface area contributed by atoms with Gasteiger partial charge in [-0.1, -0.05) is 25.1 Å². The molecule has 152 valence electrons. The van der Waals surface area contributed by atoms with Crippen molar-refractivity contribution in [3.05, 3.63) is 53.6 Å². The number of hydrogen-bond acceptors (Lipinski definition) is 4. The lowest BCUT2D eigenvalue weighted by Crippen LogP contribution is -2.58. The van der Waals surface area contributed by atoms with Crippen molar-refractivity contribution in [1.29, 1.82) is 0 Å². The molecule has 0 N–H and O–H groups in total. The highest BCUT2D eigenvalue weighted by Gasteiger charge is 2.46. The summed E-state index contributed by atoms with van der Waals surface area (Å²) in [4.78, 5) is 15.4. The predicted octanol–water partition coefficient (Wildman–Crippen LogP) is 3.73. The van der Waals surface area contributed by atoms with Crippen LogP contribution >= 0.6 is 0 Å². The number of carbonyl (C=O) groups is 1. The van der Waals surface area contributed by atoms with Gasteiger partial charge in [-0.2, -0.15) is 0 Å². The summed E-state index contributed by atoms with van der Waals surface area (Å²) in [6.07, 6.45) is 2.23. The molecule has 1 saturated heterocycles. The molecule has 1 amide bonds. The number of likely N-dealkylation sites (tertiary alicyclic amines) is 1. The van der Waals surface area contributed by atoms with E-state index in [-0.39, 0.29) is 24.0 Å². The van der Waals surface area contributed by atoms with Gasteiger partial charge in [-0.15, -0.1) is 0 Å². The summed E-state index contributed by atoms with van der Waals surface area (Å²) in [5, 5.41) is 0. The molecule has 2 aliphatic heterocycles. The number of hydrogen-bond donors (Lipinski definition) is 0. The lowest BCUT2D eigenvalue weighted by molar-refractivity contribution is -0.146. The molecule has 0 saturated carbocycles. The van der Waals surface area contributed by atoms with Gasteiger partial charge >= 0.3 is 0 Å². The number of ether oxygens (including phenoxy) is 3. The number of fused-ring (bicyclic) bond motifs is 5. The third-order valence-electron chi connectivity index (χ3n) is 6.60. The Morgan fingerprint density at radius 3 is 2.90 bits per heavy atom. The Bertz CT molecular complexity index is 942. The van der Waals surface area contributed by atoms with E-state index in [0.29, 0.717) is 18.1 Å². The third-order valence-corrected chi connectivity index (χ3v) is 6.60. The molecular weight excluding hydrogens is 366 g/mol. The second-order valence-corrected chi connectivity index (χ2v) is 8.52. The average Bonchev–Trinajstić information content (AvgIpc) is 2.74. The van der Waals surface area contributed by atoms with E-state index < -0.39 is 6.10 Å². The van der Waals surface area contributed by atoms with E-state index in [1.807, 2.05) is 42.2 Å². The molecule has 3 atom stereocenters. The Kier molecular flexibility index (Phi) is 4.41. The van der Waals surface area contributed by atoms with Gasteiger partial charge in [-0.25, -0.2) is 0 Å². The molecule has 2 heterocycles. The highest BCUT2D eigenvalue weighted by molar-refractivity contribution is 5.82. The molecule has 0 radical (unpaired) electrons. The van der Waals surface area contributed by atoms with Crippen molar-refractivity contribution in [2.75, 3.05) is 19.8 Å². The van der Waals surface area contributed by atoms with E-state index in [1.165, 1.54) is 11.1 Å². The maximum absolute atomic E-state index is 13.3. The molecule has 0 aromatic heterocycles. The minimum absolute atomic E-state index is 0.0425. The fourth-order valence-corrected chi connectivity index (χ4v) is 5.13. The summed E-state index contributed by atoms with van der Waals surface area (Å²) in [5.41, 5.74) is 2.80. The van der Waals surface area contributed by atoms with Crippen molar-refractivity contribution >= 4 is 5.91 Å². The van der Waals surface area contributed by atoms with Gasteiger partial charge in [0.2, 0.25) is 6.10 Å². The molecule has 2 unspecified atom stereocenters. The van der Waals surface area contributed by atoms with Gasteiger partial charge < -0.3 is 19.1 Å². The normalized spacial score (nSPS) is 27.2. The highest BCUT2D eigenvalue weighted by Crippen LogP contribution is 2.46. The number of piperidine rings is 1. The minimum atomic E-state index is -0.573. The van der Waals surface area contributed by atoms with E-state index >= 15 is 0 Å². The lowest BCUT2D eigenvalue weighted by atomic mass is 9.65. The van der Waals surface area contributed by atoms with Crippen molar-refractivity contribution < 1.29 is 19.0 Å². The van der Waals surface area contributed by atoms with Crippen molar-refractivity contribution in [1.82, 2.24) is 4.90 Å². The summed E-state index contributed by atoms with van der Waals surface area (Å²) in [7, 11) is 0. The number of para-hydroxylation sites is 2. The third kappa shape index (κ3) is 3.13. The first-order valence-corrected chi connectivity index (χ1v) is 10.5. The van der Waals surface area contributed by atoms with Gasteiger partial charge in [0, 0.05) is 12.6 Å². The van der Waals surface area contributed by atoms with E-state index in [0.717, 1.165) is 31.6 Å². The zero-order valence-corrected chi connectivity index (χ0v) is 17.0. The summed E-state index contributed by atoms with van der Waals surface area (Å²) >= 11 is 0. The lowest BCUT2D eigenvalue weighted by Gasteiger charge is -2.50. The zero-order valence-electron chi connectivity index (χ0n) is 17.0. The van der Waals surface area contributed by atoms with Crippen LogP contribution in [0.15, 0.2) is 42.5 Å². The molecular formula is C24H27NO4. The van der Waals surface area contributed by atoms with Crippen molar-refractivity contribution in [2.24, 2.45) is 0 Å². The Hall–Kier alpha value is -2.69. The Morgan fingerprint density at radius 1 is 1.24 bits per heavy atom. The molecule has 5 heteroatoms. The van der Waals surface area contributed by atoms with Gasteiger partial charge in [0.25, 0.3) is 5.91 Å².